The topological polar surface area (TPSA) is 64.8 Å². The first-order valence-electron chi connectivity index (χ1n) is 7.75. The zero-order valence-electron chi connectivity index (χ0n) is 13.3. The number of rotatable bonds is 4. The molecule has 1 aliphatic heterocycles. The van der Waals surface area contributed by atoms with Gasteiger partial charge in [-0.3, -0.25) is 4.79 Å². The number of nitrogens with zero attached hydrogens (tertiary/aromatic N) is 2. The highest BCUT2D eigenvalue weighted by molar-refractivity contribution is 5.92. The number of benzene rings is 1. The molecule has 1 fully saturated rings. The summed E-state index contributed by atoms with van der Waals surface area (Å²) in [5.74, 6) is -0.171. The summed E-state index contributed by atoms with van der Waals surface area (Å²) < 4.78 is 16.3. The maximum Gasteiger partial charge on any atom is 0.394 e. The minimum absolute atomic E-state index is 0.0452. The number of amides is 1. The molecule has 6 nitrogen and oxygen atoms in total. The van der Waals surface area contributed by atoms with Gasteiger partial charge in [-0.05, 0) is 19.4 Å². The van der Waals surface area contributed by atoms with Gasteiger partial charge in [0.25, 0.3) is 5.91 Å². The second-order valence-electron chi connectivity index (χ2n) is 5.49. The van der Waals surface area contributed by atoms with Crippen molar-refractivity contribution in [3.8, 4) is 6.08 Å². The van der Waals surface area contributed by atoms with E-state index >= 15 is 0 Å². The molecule has 3 rings (SSSR count). The predicted octanol–water partition coefficient (Wildman–Crippen LogP) is 2.68. The molecule has 2 aromatic rings. The molecule has 0 saturated carbocycles. The van der Waals surface area contributed by atoms with E-state index in [0.717, 1.165) is 5.56 Å². The van der Waals surface area contributed by atoms with E-state index in [1.54, 1.807) is 4.90 Å². The van der Waals surface area contributed by atoms with Crippen LogP contribution in [0.15, 0.2) is 41.0 Å². The Morgan fingerprint density at radius 1 is 1.35 bits per heavy atom. The van der Waals surface area contributed by atoms with Gasteiger partial charge in [-0.15, -0.1) is 0 Å². The molecule has 0 spiro atoms. The molecule has 1 aromatic carbocycles. The number of ether oxygens (including phenoxy) is 2. The monoisotopic (exact) mass is 316 g/mol. The fourth-order valence-corrected chi connectivity index (χ4v) is 2.68. The van der Waals surface area contributed by atoms with Crippen molar-refractivity contribution in [3.05, 3.63) is 47.9 Å². The van der Waals surface area contributed by atoms with Gasteiger partial charge in [-0.25, -0.2) is 0 Å². The van der Waals surface area contributed by atoms with Crippen LogP contribution in [0.3, 0.4) is 0 Å². The first-order valence-corrected chi connectivity index (χ1v) is 7.75. The summed E-state index contributed by atoms with van der Waals surface area (Å²) in [6, 6.07) is 9.92. The third-order valence-corrected chi connectivity index (χ3v) is 3.69. The van der Waals surface area contributed by atoms with Crippen molar-refractivity contribution in [3.63, 3.8) is 0 Å². The normalized spacial score (nSPS) is 21.2. The third-order valence-electron chi connectivity index (χ3n) is 3.69. The van der Waals surface area contributed by atoms with Crippen molar-refractivity contribution in [2.24, 2.45) is 0 Å². The molecule has 0 N–H and O–H groups in total. The summed E-state index contributed by atoms with van der Waals surface area (Å²) in [7, 11) is 0. The van der Waals surface area contributed by atoms with E-state index in [9.17, 15) is 4.79 Å². The minimum Gasteiger partial charge on any atom is -0.450 e. The average Bonchev–Trinajstić information content (AvgIpc) is 3.03. The summed E-state index contributed by atoms with van der Waals surface area (Å²) in [6.45, 7) is 5.26. The van der Waals surface area contributed by atoms with Gasteiger partial charge < -0.3 is 18.8 Å². The fourth-order valence-electron chi connectivity index (χ4n) is 2.68. The Kier molecular flexibility index (Phi) is 4.62. The SMILES string of the molecule is CCOc1nc(C(=O)N2CC(C)OC(c3ccccc3)C2)co1. The highest BCUT2D eigenvalue weighted by Gasteiger charge is 2.31. The van der Waals surface area contributed by atoms with E-state index < -0.39 is 0 Å². The van der Waals surface area contributed by atoms with Crippen LogP contribution >= 0.6 is 0 Å². The van der Waals surface area contributed by atoms with Gasteiger partial charge in [0.05, 0.1) is 19.3 Å². The lowest BCUT2D eigenvalue weighted by atomic mass is 10.1. The molecule has 0 aliphatic carbocycles. The van der Waals surface area contributed by atoms with Crippen LogP contribution in [0.5, 0.6) is 6.08 Å². The van der Waals surface area contributed by atoms with Gasteiger partial charge in [0.2, 0.25) is 0 Å². The number of carbonyl (C=O) groups excluding carboxylic acids is 1. The number of morpholine rings is 1. The van der Waals surface area contributed by atoms with E-state index in [4.69, 9.17) is 13.9 Å². The standard InChI is InChI=1S/C17H20N2O4/c1-3-21-17-18-14(11-22-17)16(20)19-9-12(2)23-15(10-19)13-7-5-4-6-8-13/h4-8,11-12,15H,3,9-10H2,1-2H3. The highest BCUT2D eigenvalue weighted by Crippen LogP contribution is 2.26. The van der Waals surface area contributed by atoms with Crippen LogP contribution < -0.4 is 4.74 Å². The molecule has 23 heavy (non-hydrogen) atoms. The minimum atomic E-state index is -0.171. The smallest absolute Gasteiger partial charge is 0.394 e. The Labute approximate surface area is 135 Å². The van der Waals surface area contributed by atoms with Crippen molar-refractivity contribution >= 4 is 5.91 Å². The molecule has 2 heterocycles. The molecular weight excluding hydrogens is 296 g/mol. The Morgan fingerprint density at radius 3 is 2.87 bits per heavy atom. The first kappa shape index (κ1) is 15.6. The zero-order valence-corrected chi connectivity index (χ0v) is 13.3. The molecule has 0 radical (unpaired) electrons. The first-order chi connectivity index (χ1) is 11.2. The second-order valence-corrected chi connectivity index (χ2v) is 5.49. The zero-order chi connectivity index (χ0) is 16.2. The average molecular weight is 316 g/mol. The lowest BCUT2D eigenvalue weighted by Gasteiger charge is -2.36. The van der Waals surface area contributed by atoms with Crippen molar-refractivity contribution in [2.75, 3.05) is 19.7 Å². The lowest BCUT2D eigenvalue weighted by molar-refractivity contribution is -0.0693. The number of aromatic nitrogens is 1. The van der Waals surface area contributed by atoms with E-state index in [-0.39, 0.29) is 29.9 Å². The summed E-state index contributed by atoms with van der Waals surface area (Å²) in [5.41, 5.74) is 1.32. The van der Waals surface area contributed by atoms with Gasteiger partial charge in [0, 0.05) is 6.54 Å². The molecule has 122 valence electrons. The number of oxazole rings is 1. The number of hydrogen-bond donors (Lipinski definition) is 0. The van der Waals surface area contributed by atoms with Crippen molar-refractivity contribution < 1.29 is 18.7 Å². The molecule has 2 unspecified atom stereocenters. The Morgan fingerprint density at radius 2 is 2.13 bits per heavy atom. The fraction of sp³-hybridized carbons (Fsp3) is 0.412. The van der Waals surface area contributed by atoms with Crippen molar-refractivity contribution in [1.29, 1.82) is 0 Å². The largest absolute Gasteiger partial charge is 0.450 e. The van der Waals surface area contributed by atoms with Gasteiger partial charge in [0.1, 0.15) is 12.4 Å². The van der Waals surface area contributed by atoms with E-state index in [1.807, 2.05) is 44.2 Å². The van der Waals surface area contributed by atoms with E-state index in [1.165, 1.54) is 6.26 Å². The molecule has 1 saturated heterocycles. The van der Waals surface area contributed by atoms with Crippen LogP contribution in [0.2, 0.25) is 0 Å². The lowest BCUT2D eigenvalue weighted by Crippen LogP contribution is -2.46. The van der Waals surface area contributed by atoms with Gasteiger partial charge in [0.15, 0.2) is 5.69 Å². The van der Waals surface area contributed by atoms with Crippen molar-refractivity contribution in [1.82, 2.24) is 9.88 Å². The van der Waals surface area contributed by atoms with Crippen LogP contribution in [0.1, 0.15) is 36.0 Å². The predicted molar refractivity (Wildman–Crippen MR) is 83.3 cm³/mol. The second kappa shape index (κ2) is 6.83. The van der Waals surface area contributed by atoms with Gasteiger partial charge in [-0.2, -0.15) is 4.98 Å². The summed E-state index contributed by atoms with van der Waals surface area (Å²) in [5, 5.41) is 0. The third kappa shape index (κ3) is 3.53. The van der Waals surface area contributed by atoms with E-state index in [2.05, 4.69) is 4.98 Å². The molecule has 2 atom stereocenters. The molecule has 1 amide bonds. The molecule has 6 heteroatoms. The quantitative estimate of drug-likeness (QED) is 0.867. The number of carbonyl (C=O) groups is 1. The van der Waals surface area contributed by atoms with Crippen LogP contribution in [0.25, 0.3) is 0 Å². The van der Waals surface area contributed by atoms with Gasteiger partial charge >= 0.3 is 6.08 Å². The van der Waals surface area contributed by atoms with Crippen LogP contribution in [-0.2, 0) is 4.74 Å². The maximum absolute atomic E-state index is 12.6. The van der Waals surface area contributed by atoms with Crippen molar-refractivity contribution in [2.45, 2.75) is 26.1 Å². The molecule has 1 aromatic heterocycles. The number of hydrogen-bond acceptors (Lipinski definition) is 5. The van der Waals surface area contributed by atoms with Crippen LogP contribution in [0, 0.1) is 0 Å². The summed E-state index contributed by atoms with van der Waals surface area (Å²) >= 11 is 0. The highest BCUT2D eigenvalue weighted by atomic mass is 16.6. The maximum atomic E-state index is 12.6. The Hall–Kier alpha value is -2.34. The summed E-state index contributed by atoms with van der Waals surface area (Å²) in [6.07, 6.45) is 1.28. The van der Waals surface area contributed by atoms with Gasteiger partial charge in [-0.1, -0.05) is 30.3 Å². The molecule has 0 bridgehead atoms. The van der Waals surface area contributed by atoms with Crippen LogP contribution in [0.4, 0.5) is 0 Å². The summed E-state index contributed by atoms with van der Waals surface area (Å²) in [4.78, 5) is 18.5. The molecule has 1 aliphatic rings. The van der Waals surface area contributed by atoms with Crippen LogP contribution in [-0.4, -0.2) is 41.6 Å². The Balaban J connectivity index is 1.74. The molecular formula is C17H20N2O4. The Bertz CT molecular complexity index is 656. The van der Waals surface area contributed by atoms with E-state index in [0.29, 0.717) is 19.7 Å².